The summed E-state index contributed by atoms with van der Waals surface area (Å²) in [6.45, 7) is 3.40. The number of hydrogen-bond acceptors (Lipinski definition) is 4. The molecule has 0 aliphatic carbocycles. The monoisotopic (exact) mass is 289 g/mol. The molecule has 6 nitrogen and oxygen atoms in total. The fourth-order valence-corrected chi connectivity index (χ4v) is 2.25. The summed E-state index contributed by atoms with van der Waals surface area (Å²) in [5, 5.41) is 10.6. The van der Waals surface area contributed by atoms with Crippen molar-refractivity contribution in [2.24, 2.45) is 0 Å². The van der Waals surface area contributed by atoms with Gasteiger partial charge in [-0.1, -0.05) is 0 Å². The highest BCUT2D eigenvalue weighted by atomic mass is 16.6. The number of benzene rings is 1. The van der Waals surface area contributed by atoms with E-state index in [0.29, 0.717) is 0 Å². The predicted molar refractivity (Wildman–Crippen MR) is 80.8 cm³/mol. The first-order chi connectivity index (χ1) is 10.1. The molecular weight excluding hydrogens is 270 g/mol. The number of nitrogens with zero attached hydrogens (tertiary/aromatic N) is 3. The molecule has 1 fully saturated rings. The van der Waals surface area contributed by atoms with Gasteiger partial charge in [-0.25, -0.2) is 0 Å². The van der Waals surface area contributed by atoms with Gasteiger partial charge in [0.1, 0.15) is 0 Å². The van der Waals surface area contributed by atoms with Gasteiger partial charge in [0.05, 0.1) is 4.92 Å². The van der Waals surface area contributed by atoms with Crippen LogP contribution in [0.2, 0.25) is 0 Å². The molecule has 112 valence electrons. The third-order valence-electron chi connectivity index (χ3n) is 3.55. The van der Waals surface area contributed by atoms with Crippen molar-refractivity contribution in [2.45, 2.75) is 6.42 Å². The van der Waals surface area contributed by atoms with Gasteiger partial charge < -0.3 is 9.80 Å². The van der Waals surface area contributed by atoms with Crippen LogP contribution >= 0.6 is 0 Å². The topological polar surface area (TPSA) is 66.7 Å². The van der Waals surface area contributed by atoms with Gasteiger partial charge in [-0.15, -0.1) is 0 Å². The maximum atomic E-state index is 12.1. The molecule has 0 bridgehead atoms. The summed E-state index contributed by atoms with van der Waals surface area (Å²) >= 11 is 0. The first kappa shape index (κ1) is 15.2. The SMILES string of the molecule is CN1CCCN(C(=O)/C=C/c2ccc([N+](=O)[O-])cc2)CC1. The Morgan fingerprint density at radius 1 is 1.19 bits per heavy atom. The van der Waals surface area contributed by atoms with Crippen molar-refractivity contribution >= 4 is 17.7 Å². The summed E-state index contributed by atoms with van der Waals surface area (Å²) in [7, 11) is 2.06. The number of rotatable bonds is 3. The summed E-state index contributed by atoms with van der Waals surface area (Å²) in [4.78, 5) is 26.3. The van der Waals surface area contributed by atoms with Crippen molar-refractivity contribution in [2.75, 3.05) is 33.2 Å². The number of likely N-dealkylation sites (N-methyl/N-ethyl adjacent to an activating group) is 1. The van der Waals surface area contributed by atoms with Crippen molar-refractivity contribution in [1.82, 2.24) is 9.80 Å². The molecule has 0 saturated carbocycles. The highest BCUT2D eigenvalue weighted by Crippen LogP contribution is 2.13. The smallest absolute Gasteiger partial charge is 0.269 e. The van der Waals surface area contributed by atoms with E-state index in [-0.39, 0.29) is 11.6 Å². The van der Waals surface area contributed by atoms with E-state index in [9.17, 15) is 14.9 Å². The van der Waals surface area contributed by atoms with Crippen LogP contribution in [0, 0.1) is 10.1 Å². The maximum absolute atomic E-state index is 12.1. The molecule has 0 radical (unpaired) electrons. The maximum Gasteiger partial charge on any atom is 0.269 e. The standard InChI is InChI=1S/C15H19N3O3/c1-16-9-2-10-17(12-11-16)15(19)8-5-13-3-6-14(7-4-13)18(20)21/h3-8H,2,9-12H2,1H3/b8-5+. The first-order valence-corrected chi connectivity index (χ1v) is 6.96. The highest BCUT2D eigenvalue weighted by Gasteiger charge is 2.15. The Kier molecular flexibility index (Phi) is 5.05. The Bertz CT molecular complexity index is 540. The first-order valence-electron chi connectivity index (χ1n) is 6.96. The Hall–Kier alpha value is -2.21. The fourth-order valence-electron chi connectivity index (χ4n) is 2.25. The van der Waals surface area contributed by atoms with E-state index >= 15 is 0 Å². The molecule has 0 aromatic heterocycles. The molecule has 1 aliphatic rings. The average Bonchev–Trinajstić information content (AvgIpc) is 2.70. The van der Waals surface area contributed by atoms with Crippen LogP contribution in [0.3, 0.4) is 0 Å². The average molecular weight is 289 g/mol. The zero-order valence-electron chi connectivity index (χ0n) is 12.1. The van der Waals surface area contributed by atoms with Gasteiger partial charge in [0.15, 0.2) is 0 Å². The molecule has 1 amide bonds. The summed E-state index contributed by atoms with van der Waals surface area (Å²) in [5.74, 6) is -0.0105. The quantitative estimate of drug-likeness (QED) is 0.483. The summed E-state index contributed by atoms with van der Waals surface area (Å²) in [5.41, 5.74) is 0.829. The second-order valence-electron chi connectivity index (χ2n) is 5.16. The largest absolute Gasteiger partial charge is 0.338 e. The summed E-state index contributed by atoms with van der Waals surface area (Å²) in [6.07, 6.45) is 4.21. The molecule has 0 spiro atoms. The second kappa shape index (κ2) is 6.99. The van der Waals surface area contributed by atoms with E-state index in [2.05, 4.69) is 11.9 Å². The third kappa shape index (κ3) is 4.39. The molecule has 1 heterocycles. The van der Waals surface area contributed by atoms with Crippen molar-refractivity contribution in [3.05, 3.63) is 46.0 Å². The Morgan fingerprint density at radius 3 is 2.57 bits per heavy atom. The molecule has 21 heavy (non-hydrogen) atoms. The molecule has 2 rings (SSSR count). The minimum absolute atomic E-state index is 0.0105. The number of carbonyl (C=O) groups is 1. The lowest BCUT2D eigenvalue weighted by Gasteiger charge is -2.18. The van der Waals surface area contributed by atoms with Gasteiger partial charge in [0.2, 0.25) is 5.91 Å². The predicted octanol–water partition coefficient (Wildman–Crippen LogP) is 1.77. The number of nitro benzene ring substituents is 1. The Labute approximate surface area is 123 Å². The fraction of sp³-hybridized carbons (Fsp3) is 0.400. The van der Waals surface area contributed by atoms with Crippen molar-refractivity contribution in [3.63, 3.8) is 0 Å². The number of carbonyl (C=O) groups excluding carboxylic acids is 1. The van der Waals surface area contributed by atoms with Crippen LogP contribution in [0.15, 0.2) is 30.3 Å². The molecule has 6 heteroatoms. The van der Waals surface area contributed by atoms with Gasteiger partial charge in [-0.05, 0) is 43.8 Å². The van der Waals surface area contributed by atoms with Crippen LogP contribution in [0.25, 0.3) is 6.08 Å². The van der Waals surface area contributed by atoms with Crippen LogP contribution < -0.4 is 0 Å². The van der Waals surface area contributed by atoms with Gasteiger partial charge >= 0.3 is 0 Å². The second-order valence-corrected chi connectivity index (χ2v) is 5.16. The highest BCUT2D eigenvalue weighted by molar-refractivity contribution is 5.91. The molecule has 0 N–H and O–H groups in total. The lowest BCUT2D eigenvalue weighted by Crippen LogP contribution is -2.33. The van der Waals surface area contributed by atoms with Crippen LogP contribution in [0.4, 0.5) is 5.69 Å². The van der Waals surface area contributed by atoms with Crippen LogP contribution in [-0.2, 0) is 4.79 Å². The lowest BCUT2D eigenvalue weighted by atomic mass is 10.2. The van der Waals surface area contributed by atoms with Gasteiger partial charge in [-0.2, -0.15) is 0 Å². The number of hydrogen-bond donors (Lipinski definition) is 0. The summed E-state index contributed by atoms with van der Waals surface area (Å²) < 4.78 is 0. The zero-order valence-corrected chi connectivity index (χ0v) is 12.1. The van der Waals surface area contributed by atoms with Gasteiger partial charge in [0, 0.05) is 37.8 Å². The molecule has 1 aromatic rings. The van der Waals surface area contributed by atoms with E-state index in [1.807, 2.05) is 4.90 Å². The molecule has 1 saturated heterocycles. The van der Waals surface area contributed by atoms with Crippen LogP contribution in [-0.4, -0.2) is 53.9 Å². The third-order valence-corrected chi connectivity index (χ3v) is 3.55. The Balaban J connectivity index is 1.96. The van der Waals surface area contributed by atoms with Crippen LogP contribution in [0.5, 0.6) is 0 Å². The van der Waals surface area contributed by atoms with Crippen LogP contribution in [0.1, 0.15) is 12.0 Å². The minimum Gasteiger partial charge on any atom is -0.338 e. The van der Waals surface area contributed by atoms with E-state index in [1.165, 1.54) is 18.2 Å². The molecule has 0 atom stereocenters. The zero-order chi connectivity index (χ0) is 15.2. The van der Waals surface area contributed by atoms with Crippen molar-refractivity contribution in [1.29, 1.82) is 0 Å². The Morgan fingerprint density at radius 2 is 1.90 bits per heavy atom. The van der Waals surface area contributed by atoms with E-state index in [1.54, 1.807) is 18.2 Å². The molecule has 0 unspecified atom stereocenters. The van der Waals surface area contributed by atoms with Crippen molar-refractivity contribution < 1.29 is 9.72 Å². The van der Waals surface area contributed by atoms with E-state index in [0.717, 1.165) is 38.2 Å². The normalized spacial score (nSPS) is 16.9. The van der Waals surface area contributed by atoms with E-state index in [4.69, 9.17) is 0 Å². The van der Waals surface area contributed by atoms with Gasteiger partial charge in [-0.3, -0.25) is 14.9 Å². The summed E-state index contributed by atoms with van der Waals surface area (Å²) in [6, 6.07) is 6.15. The number of nitro groups is 1. The number of non-ortho nitro benzene ring substituents is 1. The van der Waals surface area contributed by atoms with Crippen molar-refractivity contribution in [3.8, 4) is 0 Å². The minimum atomic E-state index is -0.438. The number of amides is 1. The molecular formula is C15H19N3O3. The lowest BCUT2D eigenvalue weighted by molar-refractivity contribution is -0.384. The van der Waals surface area contributed by atoms with Gasteiger partial charge in [0.25, 0.3) is 5.69 Å². The molecule has 1 aromatic carbocycles. The van der Waals surface area contributed by atoms with E-state index < -0.39 is 4.92 Å². The molecule has 1 aliphatic heterocycles.